The molecule has 7 heteroatoms. The zero-order chi connectivity index (χ0) is 19.9. The molecular formula is C21H21N3O3S. The van der Waals surface area contributed by atoms with Crippen molar-refractivity contribution in [3.05, 3.63) is 59.5 Å². The smallest absolute Gasteiger partial charge is 0.264 e. The van der Waals surface area contributed by atoms with Crippen molar-refractivity contribution in [3.8, 4) is 17.0 Å². The first-order valence-corrected chi connectivity index (χ1v) is 9.77. The molecule has 2 amide bonds. The Balaban J connectivity index is 1.58. The molecule has 0 radical (unpaired) electrons. The molecular weight excluding hydrogens is 374 g/mol. The van der Waals surface area contributed by atoms with E-state index in [2.05, 4.69) is 15.6 Å². The van der Waals surface area contributed by atoms with Crippen LogP contribution in [-0.2, 0) is 16.0 Å². The summed E-state index contributed by atoms with van der Waals surface area (Å²) in [5.74, 6) is 0.349. The average molecular weight is 395 g/mol. The number of hydrogen-bond donors (Lipinski definition) is 2. The fourth-order valence-corrected chi connectivity index (χ4v) is 3.36. The molecule has 1 heterocycles. The van der Waals surface area contributed by atoms with Crippen molar-refractivity contribution in [1.29, 1.82) is 0 Å². The predicted octanol–water partition coefficient (Wildman–Crippen LogP) is 4.35. The quantitative estimate of drug-likeness (QED) is 0.623. The molecule has 3 aromatic rings. The van der Waals surface area contributed by atoms with E-state index in [0.717, 1.165) is 34.7 Å². The summed E-state index contributed by atoms with van der Waals surface area (Å²) in [5.41, 5.74) is 3.45. The van der Waals surface area contributed by atoms with Gasteiger partial charge in [-0.15, -0.1) is 11.3 Å². The highest BCUT2D eigenvalue weighted by Gasteiger charge is 2.10. The second-order valence-electron chi connectivity index (χ2n) is 6.09. The molecule has 0 aliphatic rings. The number of anilines is 2. The molecule has 1 aromatic heterocycles. The van der Waals surface area contributed by atoms with E-state index in [-0.39, 0.29) is 18.4 Å². The molecule has 0 bridgehead atoms. The van der Waals surface area contributed by atoms with Crippen molar-refractivity contribution in [2.45, 2.75) is 20.3 Å². The normalized spacial score (nSPS) is 10.4. The van der Waals surface area contributed by atoms with Crippen molar-refractivity contribution < 1.29 is 14.3 Å². The SMILES string of the molecule is CCc1ccccc1OCC(=O)Nc1nc(-c2ccc(NC(C)=O)cc2)cs1. The van der Waals surface area contributed by atoms with Crippen molar-refractivity contribution in [3.63, 3.8) is 0 Å². The number of nitrogens with zero attached hydrogens (tertiary/aromatic N) is 1. The molecule has 0 unspecified atom stereocenters. The highest BCUT2D eigenvalue weighted by molar-refractivity contribution is 7.14. The lowest BCUT2D eigenvalue weighted by Crippen LogP contribution is -2.20. The average Bonchev–Trinajstić information content (AvgIpc) is 3.15. The lowest BCUT2D eigenvalue weighted by Gasteiger charge is -2.09. The van der Waals surface area contributed by atoms with Gasteiger partial charge in [0, 0.05) is 23.6 Å². The molecule has 0 spiro atoms. The van der Waals surface area contributed by atoms with Gasteiger partial charge in [0.15, 0.2) is 11.7 Å². The number of benzene rings is 2. The van der Waals surface area contributed by atoms with Crippen molar-refractivity contribution in [1.82, 2.24) is 4.98 Å². The zero-order valence-electron chi connectivity index (χ0n) is 15.7. The van der Waals surface area contributed by atoms with Crippen LogP contribution >= 0.6 is 11.3 Å². The molecule has 0 aliphatic heterocycles. The van der Waals surface area contributed by atoms with Gasteiger partial charge in [0.05, 0.1) is 5.69 Å². The number of para-hydroxylation sites is 1. The first kappa shape index (κ1) is 19.6. The molecule has 0 fully saturated rings. The lowest BCUT2D eigenvalue weighted by molar-refractivity contribution is -0.118. The van der Waals surface area contributed by atoms with Crippen molar-refractivity contribution >= 4 is 34.0 Å². The topological polar surface area (TPSA) is 80.3 Å². The molecule has 2 N–H and O–H groups in total. The van der Waals surface area contributed by atoms with E-state index in [0.29, 0.717) is 5.13 Å². The van der Waals surface area contributed by atoms with Crippen LogP contribution in [0.3, 0.4) is 0 Å². The third-order valence-electron chi connectivity index (χ3n) is 3.96. The van der Waals surface area contributed by atoms with Crippen LogP contribution in [0, 0.1) is 0 Å². The number of carbonyl (C=O) groups is 2. The van der Waals surface area contributed by atoms with Crippen molar-refractivity contribution in [2.75, 3.05) is 17.2 Å². The fraction of sp³-hybridized carbons (Fsp3) is 0.190. The number of thiazole rings is 1. The minimum atomic E-state index is -0.257. The maximum atomic E-state index is 12.2. The third kappa shape index (κ3) is 5.17. The molecule has 0 atom stereocenters. The third-order valence-corrected chi connectivity index (χ3v) is 4.72. The first-order valence-electron chi connectivity index (χ1n) is 8.89. The highest BCUT2D eigenvalue weighted by Crippen LogP contribution is 2.26. The summed E-state index contributed by atoms with van der Waals surface area (Å²) in [5, 5.41) is 7.87. The van der Waals surface area contributed by atoms with E-state index >= 15 is 0 Å². The van der Waals surface area contributed by atoms with Crippen LogP contribution < -0.4 is 15.4 Å². The monoisotopic (exact) mass is 395 g/mol. The number of hydrogen-bond acceptors (Lipinski definition) is 5. The largest absolute Gasteiger partial charge is 0.483 e. The maximum absolute atomic E-state index is 12.2. The van der Waals surface area contributed by atoms with Crippen LogP contribution in [0.1, 0.15) is 19.4 Å². The van der Waals surface area contributed by atoms with Crippen LogP contribution in [0.25, 0.3) is 11.3 Å². The number of rotatable bonds is 7. The van der Waals surface area contributed by atoms with Crippen LogP contribution in [-0.4, -0.2) is 23.4 Å². The Kier molecular flexibility index (Phi) is 6.39. The van der Waals surface area contributed by atoms with Crippen LogP contribution in [0.15, 0.2) is 53.9 Å². The van der Waals surface area contributed by atoms with E-state index in [1.807, 2.05) is 60.8 Å². The van der Waals surface area contributed by atoms with Crippen molar-refractivity contribution in [2.24, 2.45) is 0 Å². The number of nitrogens with one attached hydrogen (secondary N) is 2. The Hall–Kier alpha value is -3.19. The van der Waals surface area contributed by atoms with Crippen LogP contribution in [0.4, 0.5) is 10.8 Å². The van der Waals surface area contributed by atoms with E-state index < -0.39 is 0 Å². The molecule has 6 nitrogen and oxygen atoms in total. The predicted molar refractivity (Wildman–Crippen MR) is 112 cm³/mol. The molecule has 0 saturated carbocycles. The minimum absolute atomic E-state index is 0.0721. The number of ether oxygens (including phenoxy) is 1. The number of aromatic nitrogens is 1. The van der Waals surface area contributed by atoms with Gasteiger partial charge in [-0.1, -0.05) is 37.3 Å². The van der Waals surface area contributed by atoms with Crippen LogP contribution in [0.2, 0.25) is 0 Å². The standard InChI is InChI=1S/C21H21N3O3S/c1-3-15-6-4-5-7-19(15)27-12-20(26)24-21-23-18(13-28-21)16-8-10-17(11-9-16)22-14(2)25/h4-11,13H,3,12H2,1-2H3,(H,22,25)(H,23,24,26). The Morgan fingerprint density at radius 1 is 1.07 bits per heavy atom. The van der Waals surface area contributed by atoms with Gasteiger partial charge in [-0.25, -0.2) is 4.98 Å². The van der Waals surface area contributed by atoms with E-state index in [4.69, 9.17) is 4.74 Å². The van der Waals surface area contributed by atoms with Gasteiger partial charge in [-0.3, -0.25) is 14.9 Å². The zero-order valence-corrected chi connectivity index (χ0v) is 16.5. The first-order chi connectivity index (χ1) is 13.5. The van der Waals surface area contributed by atoms with E-state index in [1.165, 1.54) is 18.3 Å². The Morgan fingerprint density at radius 3 is 2.54 bits per heavy atom. The summed E-state index contributed by atoms with van der Waals surface area (Å²) in [6.45, 7) is 3.44. The maximum Gasteiger partial charge on any atom is 0.264 e. The second kappa shape index (κ2) is 9.14. The Bertz CT molecular complexity index is 967. The highest BCUT2D eigenvalue weighted by atomic mass is 32.1. The van der Waals surface area contributed by atoms with Gasteiger partial charge in [0.2, 0.25) is 5.91 Å². The summed E-state index contributed by atoms with van der Waals surface area (Å²) in [6.07, 6.45) is 0.842. The molecule has 3 rings (SSSR count). The molecule has 144 valence electrons. The summed E-state index contributed by atoms with van der Waals surface area (Å²) < 4.78 is 5.63. The molecule has 28 heavy (non-hydrogen) atoms. The van der Waals surface area contributed by atoms with Gasteiger partial charge in [0.25, 0.3) is 5.91 Å². The van der Waals surface area contributed by atoms with E-state index in [1.54, 1.807) is 0 Å². The fourth-order valence-electron chi connectivity index (χ4n) is 2.63. The van der Waals surface area contributed by atoms with Gasteiger partial charge >= 0.3 is 0 Å². The summed E-state index contributed by atoms with van der Waals surface area (Å²) >= 11 is 1.35. The van der Waals surface area contributed by atoms with Gasteiger partial charge in [-0.2, -0.15) is 0 Å². The molecule has 0 aliphatic carbocycles. The number of carbonyl (C=O) groups excluding carboxylic acids is 2. The van der Waals surface area contributed by atoms with Gasteiger partial charge in [0.1, 0.15) is 5.75 Å². The molecule has 2 aromatic carbocycles. The Morgan fingerprint density at radius 2 is 1.82 bits per heavy atom. The summed E-state index contributed by atoms with van der Waals surface area (Å²) in [6, 6.07) is 15.0. The molecule has 0 saturated heterocycles. The van der Waals surface area contributed by atoms with Gasteiger partial charge in [-0.05, 0) is 30.2 Å². The number of aryl methyl sites for hydroxylation is 1. The van der Waals surface area contributed by atoms with Gasteiger partial charge < -0.3 is 10.1 Å². The second-order valence-corrected chi connectivity index (χ2v) is 6.95. The van der Waals surface area contributed by atoms with E-state index in [9.17, 15) is 9.59 Å². The summed E-state index contributed by atoms with van der Waals surface area (Å²) in [4.78, 5) is 27.7. The lowest BCUT2D eigenvalue weighted by atomic mass is 10.1. The minimum Gasteiger partial charge on any atom is -0.483 e. The Labute approximate surface area is 167 Å². The summed E-state index contributed by atoms with van der Waals surface area (Å²) in [7, 11) is 0. The van der Waals surface area contributed by atoms with Crippen LogP contribution in [0.5, 0.6) is 5.75 Å². The number of amides is 2.